The summed E-state index contributed by atoms with van der Waals surface area (Å²) in [7, 11) is 0. The van der Waals surface area contributed by atoms with E-state index in [4.69, 9.17) is 11.6 Å². The summed E-state index contributed by atoms with van der Waals surface area (Å²) in [5, 5.41) is 20.5. The maximum atomic E-state index is 10.9. The molecule has 0 amide bonds. The van der Waals surface area contributed by atoms with E-state index in [2.05, 4.69) is 31.6 Å². The highest BCUT2D eigenvalue weighted by Gasteiger charge is 2.12. The molecule has 1 aromatic heterocycles. The van der Waals surface area contributed by atoms with E-state index < -0.39 is 4.92 Å². The van der Waals surface area contributed by atoms with E-state index in [1.807, 2.05) is 42.6 Å². The molecule has 0 aliphatic heterocycles. The van der Waals surface area contributed by atoms with E-state index in [0.29, 0.717) is 10.7 Å². The molecule has 0 saturated carbocycles. The van der Waals surface area contributed by atoms with Crippen molar-refractivity contribution in [2.45, 2.75) is 0 Å². The number of nitro groups is 1. The molecule has 1 heterocycles. The second kappa shape index (κ2) is 9.11. The van der Waals surface area contributed by atoms with Crippen LogP contribution in [0.3, 0.4) is 0 Å². The van der Waals surface area contributed by atoms with E-state index >= 15 is 0 Å². The number of hydrogen-bond donors (Lipinski definition) is 1. The summed E-state index contributed by atoms with van der Waals surface area (Å²) in [6, 6.07) is 21.2. The molecule has 31 heavy (non-hydrogen) atoms. The van der Waals surface area contributed by atoms with Gasteiger partial charge in [-0.25, -0.2) is 4.68 Å². The van der Waals surface area contributed by atoms with Crippen LogP contribution in [0.2, 0.25) is 5.02 Å². The summed E-state index contributed by atoms with van der Waals surface area (Å²) < 4.78 is 2.63. The average molecular weight is 497 g/mol. The molecule has 4 rings (SSSR count). The molecular weight excluding hydrogens is 482 g/mol. The van der Waals surface area contributed by atoms with Gasteiger partial charge in [-0.05, 0) is 42.5 Å². The number of aromatic nitrogens is 2. The molecule has 0 fully saturated rings. The molecule has 0 spiro atoms. The predicted octanol–water partition coefficient (Wildman–Crippen LogP) is 6.31. The summed E-state index contributed by atoms with van der Waals surface area (Å²) in [5.74, 6) is 0. The molecule has 0 saturated heterocycles. The third-order valence-corrected chi connectivity index (χ3v) is 5.17. The van der Waals surface area contributed by atoms with Crippen molar-refractivity contribution >= 4 is 45.1 Å². The Hall–Kier alpha value is -3.49. The molecule has 1 N–H and O–H groups in total. The van der Waals surface area contributed by atoms with Crippen molar-refractivity contribution in [3.63, 3.8) is 0 Å². The van der Waals surface area contributed by atoms with Crippen molar-refractivity contribution in [1.82, 2.24) is 9.78 Å². The van der Waals surface area contributed by atoms with Crippen molar-refractivity contribution in [2.75, 3.05) is 5.43 Å². The number of anilines is 1. The number of benzene rings is 3. The van der Waals surface area contributed by atoms with Crippen LogP contribution in [-0.4, -0.2) is 20.9 Å². The van der Waals surface area contributed by atoms with Gasteiger partial charge >= 0.3 is 0 Å². The van der Waals surface area contributed by atoms with Crippen molar-refractivity contribution in [3.8, 4) is 16.9 Å². The molecule has 0 bridgehead atoms. The SMILES string of the molecule is O=[N+]([O-])c1ccc(-n2cc(/C=N\Nc3cccc(Cl)c3)c(-c3ccc(Br)cc3)n2)cc1. The summed E-state index contributed by atoms with van der Waals surface area (Å²) in [5.41, 5.74) is 6.85. The summed E-state index contributed by atoms with van der Waals surface area (Å²) in [4.78, 5) is 10.5. The Balaban J connectivity index is 1.68. The zero-order valence-electron chi connectivity index (χ0n) is 15.9. The van der Waals surface area contributed by atoms with Gasteiger partial charge in [0.2, 0.25) is 0 Å². The van der Waals surface area contributed by atoms with Gasteiger partial charge < -0.3 is 0 Å². The number of hydrazone groups is 1. The third kappa shape index (κ3) is 4.99. The highest BCUT2D eigenvalue weighted by Crippen LogP contribution is 2.25. The minimum atomic E-state index is -0.431. The maximum absolute atomic E-state index is 10.9. The molecule has 0 aliphatic carbocycles. The maximum Gasteiger partial charge on any atom is 0.269 e. The monoisotopic (exact) mass is 495 g/mol. The number of halogens is 2. The Morgan fingerprint density at radius 1 is 1.10 bits per heavy atom. The van der Waals surface area contributed by atoms with Crippen LogP contribution in [0.1, 0.15) is 5.56 Å². The number of nitrogens with one attached hydrogen (secondary N) is 1. The molecule has 0 radical (unpaired) electrons. The Labute approximate surface area is 191 Å². The van der Waals surface area contributed by atoms with Crippen LogP contribution in [0.4, 0.5) is 11.4 Å². The van der Waals surface area contributed by atoms with Gasteiger partial charge in [0.05, 0.1) is 22.5 Å². The summed E-state index contributed by atoms with van der Waals surface area (Å²) in [6.07, 6.45) is 3.49. The van der Waals surface area contributed by atoms with Gasteiger partial charge in [0.15, 0.2) is 0 Å². The van der Waals surface area contributed by atoms with Crippen LogP contribution in [0, 0.1) is 10.1 Å². The first-order valence-corrected chi connectivity index (χ1v) is 10.3. The summed E-state index contributed by atoms with van der Waals surface area (Å²) >= 11 is 9.45. The number of nitrogens with zero attached hydrogens (tertiary/aromatic N) is 4. The molecule has 3 aromatic carbocycles. The van der Waals surface area contributed by atoms with E-state index in [1.54, 1.807) is 35.2 Å². The topological polar surface area (TPSA) is 85.3 Å². The number of hydrogen-bond acceptors (Lipinski definition) is 5. The fraction of sp³-hybridized carbons (Fsp3) is 0. The minimum absolute atomic E-state index is 0.0246. The van der Waals surface area contributed by atoms with Crippen LogP contribution in [-0.2, 0) is 0 Å². The van der Waals surface area contributed by atoms with Crippen LogP contribution in [0.15, 0.2) is 88.6 Å². The van der Waals surface area contributed by atoms with E-state index in [9.17, 15) is 10.1 Å². The van der Waals surface area contributed by atoms with Crippen LogP contribution in [0.25, 0.3) is 16.9 Å². The first-order valence-electron chi connectivity index (χ1n) is 9.15. The van der Waals surface area contributed by atoms with Gasteiger partial charge in [0.25, 0.3) is 5.69 Å². The highest BCUT2D eigenvalue weighted by atomic mass is 79.9. The lowest BCUT2D eigenvalue weighted by Crippen LogP contribution is -1.95. The van der Waals surface area contributed by atoms with Gasteiger partial charge in [-0.2, -0.15) is 10.2 Å². The Morgan fingerprint density at radius 3 is 2.52 bits per heavy atom. The number of rotatable bonds is 6. The smallest absolute Gasteiger partial charge is 0.269 e. The standard InChI is InChI=1S/C22H15BrClN5O2/c23-17-6-4-15(5-7-17)22-16(13-25-26-19-3-1-2-18(24)12-19)14-28(27-22)20-8-10-21(11-9-20)29(30)31/h1-14,26H/b25-13-. The van der Waals surface area contributed by atoms with E-state index in [1.165, 1.54) is 12.1 Å². The fourth-order valence-corrected chi connectivity index (χ4v) is 3.36. The van der Waals surface area contributed by atoms with E-state index in [0.717, 1.165) is 27.0 Å². The van der Waals surface area contributed by atoms with Gasteiger partial charge in [-0.1, -0.05) is 45.7 Å². The molecule has 4 aromatic rings. The zero-order chi connectivity index (χ0) is 21.8. The van der Waals surface area contributed by atoms with Crippen molar-refractivity contribution in [2.24, 2.45) is 5.10 Å². The molecule has 7 nitrogen and oxygen atoms in total. The molecule has 0 atom stereocenters. The fourth-order valence-electron chi connectivity index (χ4n) is 2.91. The molecule has 0 unspecified atom stereocenters. The quantitative estimate of drug-likeness (QED) is 0.193. The first-order chi connectivity index (χ1) is 15.0. The van der Waals surface area contributed by atoms with E-state index in [-0.39, 0.29) is 5.69 Å². The highest BCUT2D eigenvalue weighted by molar-refractivity contribution is 9.10. The second-order valence-electron chi connectivity index (χ2n) is 6.54. The van der Waals surface area contributed by atoms with Gasteiger partial charge in [0, 0.05) is 39.0 Å². The summed E-state index contributed by atoms with van der Waals surface area (Å²) in [6.45, 7) is 0. The lowest BCUT2D eigenvalue weighted by molar-refractivity contribution is -0.384. The Morgan fingerprint density at radius 2 is 1.84 bits per heavy atom. The predicted molar refractivity (Wildman–Crippen MR) is 126 cm³/mol. The zero-order valence-corrected chi connectivity index (χ0v) is 18.3. The van der Waals surface area contributed by atoms with Crippen molar-refractivity contribution < 1.29 is 4.92 Å². The van der Waals surface area contributed by atoms with Crippen molar-refractivity contribution in [3.05, 3.63) is 104 Å². The van der Waals surface area contributed by atoms with Crippen molar-refractivity contribution in [1.29, 1.82) is 0 Å². The minimum Gasteiger partial charge on any atom is -0.278 e. The largest absolute Gasteiger partial charge is 0.278 e. The molecule has 0 aliphatic rings. The third-order valence-electron chi connectivity index (χ3n) is 4.41. The number of non-ortho nitro benzene ring substituents is 1. The average Bonchev–Trinajstić information content (AvgIpc) is 3.18. The van der Waals surface area contributed by atoms with Gasteiger partial charge in [0.1, 0.15) is 5.69 Å². The Kier molecular flexibility index (Phi) is 6.11. The van der Waals surface area contributed by atoms with Gasteiger partial charge in [-0.15, -0.1) is 0 Å². The molecule has 9 heteroatoms. The first kappa shape index (κ1) is 20.8. The second-order valence-corrected chi connectivity index (χ2v) is 7.89. The Bertz CT molecular complexity index is 1250. The lowest BCUT2D eigenvalue weighted by Gasteiger charge is -2.01. The normalized spacial score (nSPS) is 11.0. The van der Waals surface area contributed by atoms with Crippen LogP contribution in [0.5, 0.6) is 0 Å². The lowest BCUT2D eigenvalue weighted by atomic mass is 10.1. The molecular formula is C22H15BrClN5O2. The van der Waals surface area contributed by atoms with Crippen LogP contribution < -0.4 is 5.43 Å². The molecule has 154 valence electrons. The number of nitro benzene ring substituents is 1. The van der Waals surface area contributed by atoms with Gasteiger partial charge in [-0.3, -0.25) is 15.5 Å². The van der Waals surface area contributed by atoms with Crippen LogP contribution >= 0.6 is 27.5 Å².